The Morgan fingerprint density at radius 2 is 1.89 bits per heavy atom. The van der Waals surface area contributed by atoms with E-state index >= 15 is 0 Å². The van der Waals surface area contributed by atoms with Gasteiger partial charge < -0.3 is 5.32 Å². The largest absolute Gasteiger partial charge is 0.311 e. The number of hydrogen-bond donors (Lipinski definition) is 1. The minimum Gasteiger partial charge on any atom is -0.311 e. The number of hydrogen-bond acceptors (Lipinski definition) is 1. The van der Waals surface area contributed by atoms with Crippen molar-refractivity contribution in [1.29, 1.82) is 0 Å². The highest BCUT2D eigenvalue weighted by Gasteiger charge is 2.45. The Kier molecular flexibility index (Phi) is 4.42. The third-order valence-electron chi connectivity index (χ3n) is 4.34. The molecule has 2 heteroatoms. The van der Waals surface area contributed by atoms with E-state index in [9.17, 15) is 0 Å². The normalized spacial score (nSPS) is 27.1. The van der Waals surface area contributed by atoms with Crippen LogP contribution in [0.25, 0.3) is 0 Å². The molecule has 1 aromatic carbocycles. The van der Waals surface area contributed by atoms with Crippen LogP contribution in [0.4, 0.5) is 0 Å². The molecule has 106 valence electrons. The van der Waals surface area contributed by atoms with E-state index in [0.29, 0.717) is 5.41 Å². The Hall–Kier alpha value is -0.340. The average Bonchev–Trinajstić information content (AvgIpc) is 2.28. The van der Waals surface area contributed by atoms with Gasteiger partial charge in [0.05, 0.1) is 0 Å². The Bertz CT molecular complexity index is 427. The number of rotatable bonds is 4. The molecule has 0 saturated heterocycles. The van der Waals surface area contributed by atoms with E-state index in [1.807, 2.05) is 0 Å². The van der Waals surface area contributed by atoms with E-state index in [1.165, 1.54) is 29.3 Å². The summed E-state index contributed by atoms with van der Waals surface area (Å²) in [6.45, 7) is 10.1. The third kappa shape index (κ3) is 3.41. The molecule has 1 fully saturated rings. The molecule has 0 amide bonds. The van der Waals surface area contributed by atoms with Crippen molar-refractivity contribution in [3.63, 3.8) is 0 Å². The predicted molar refractivity (Wildman–Crippen MR) is 86.6 cm³/mol. The van der Waals surface area contributed by atoms with Crippen LogP contribution in [-0.2, 0) is 5.41 Å². The summed E-state index contributed by atoms with van der Waals surface area (Å²) in [5, 5.41) is 3.71. The van der Waals surface area contributed by atoms with Gasteiger partial charge in [-0.1, -0.05) is 47.5 Å². The summed E-state index contributed by atoms with van der Waals surface area (Å²) in [6, 6.07) is 8.74. The van der Waals surface area contributed by atoms with Crippen molar-refractivity contribution >= 4 is 15.9 Å². The molecule has 0 heterocycles. The van der Waals surface area contributed by atoms with E-state index in [2.05, 4.69) is 73.2 Å². The van der Waals surface area contributed by atoms with Gasteiger partial charge in [-0.2, -0.15) is 0 Å². The van der Waals surface area contributed by atoms with E-state index in [1.54, 1.807) is 0 Å². The second-order valence-electron chi connectivity index (χ2n) is 7.05. The molecule has 1 aromatic rings. The SMILES string of the molecule is CCC1CC(CNC(C)(C)C)(c2ccccc2Br)C1. The van der Waals surface area contributed by atoms with Crippen LogP contribution < -0.4 is 5.32 Å². The quantitative estimate of drug-likeness (QED) is 0.831. The van der Waals surface area contributed by atoms with Crippen LogP contribution in [0.5, 0.6) is 0 Å². The molecular weight excluding hydrogens is 298 g/mol. The molecule has 0 atom stereocenters. The highest BCUT2D eigenvalue weighted by Crippen LogP contribution is 2.50. The third-order valence-corrected chi connectivity index (χ3v) is 5.03. The van der Waals surface area contributed by atoms with E-state index in [4.69, 9.17) is 0 Å². The molecule has 1 aliphatic rings. The lowest BCUT2D eigenvalue weighted by Crippen LogP contribution is -2.52. The zero-order valence-corrected chi connectivity index (χ0v) is 14.2. The first-order chi connectivity index (χ1) is 8.86. The van der Waals surface area contributed by atoms with Crippen LogP contribution in [0.15, 0.2) is 28.7 Å². The minimum atomic E-state index is 0.186. The highest BCUT2D eigenvalue weighted by atomic mass is 79.9. The second-order valence-corrected chi connectivity index (χ2v) is 7.90. The number of nitrogens with one attached hydrogen (secondary N) is 1. The standard InChI is InChI=1S/C17H26BrN/c1-5-13-10-17(11-13,12-19-16(2,3)4)14-8-6-7-9-15(14)18/h6-9,13,19H,5,10-12H2,1-4H3. The van der Waals surface area contributed by atoms with E-state index < -0.39 is 0 Å². The van der Waals surface area contributed by atoms with Crippen molar-refractivity contribution in [1.82, 2.24) is 5.32 Å². The highest BCUT2D eigenvalue weighted by molar-refractivity contribution is 9.10. The molecule has 0 aliphatic heterocycles. The average molecular weight is 324 g/mol. The minimum absolute atomic E-state index is 0.186. The molecule has 19 heavy (non-hydrogen) atoms. The van der Waals surface area contributed by atoms with Crippen LogP contribution in [0, 0.1) is 5.92 Å². The molecule has 1 N–H and O–H groups in total. The zero-order valence-electron chi connectivity index (χ0n) is 12.6. The van der Waals surface area contributed by atoms with Gasteiger partial charge in [0.1, 0.15) is 0 Å². The van der Waals surface area contributed by atoms with Gasteiger partial charge in [0.15, 0.2) is 0 Å². The van der Waals surface area contributed by atoms with Gasteiger partial charge in [0.25, 0.3) is 0 Å². The molecule has 2 rings (SSSR count). The molecule has 0 radical (unpaired) electrons. The molecule has 0 bridgehead atoms. The first-order valence-electron chi connectivity index (χ1n) is 7.36. The van der Waals surface area contributed by atoms with Crippen molar-refractivity contribution < 1.29 is 0 Å². The molecule has 1 nitrogen and oxygen atoms in total. The first kappa shape index (κ1) is 15.1. The molecule has 1 aliphatic carbocycles. The van der Waals surface area contributed by atoms with Gasteiger partial charge in [-0.15, -0.1) is 0 Å². The van der Waals surface area contributed by atoms with Gasteiger partial charge in [0.2, 0.25) is 0 Å². The summed E-state index contributed by atoms with van der Waals surface area (Å²) in [5.74, 6) is 0.897. The molecule has 1 saturated carbocycles. The van der Waals surface area contributed by atoms with Crippen molar-refractivity contribution in [2.24, 2.45) is 5.92 Å². The predicted octanol–water partition coefficient (Wildman–Crippen LogP) is 4.90. The second kappa shape index (κ2) is 5.57. The van der Waals surface area contributed by atoms with Crippen LogP contribution in [0.2, 0.25) is 0 Å². The summed E-state index contributed by atoms with van der Waals surface area (Å²) in [5.41, 5.74) is 2.00. The number of halogens is 1. The van der Waals surface area contributed by atoms with Crippen LogP contribution in [0.1, 0.15) is 52.5 Å². The van der Waals surface area contributed by atoms with Crippen molar-refractivity contribution in [2.75, 3.05) is 6.54 Å². The van der Waals surface area contributed by atoms with Crippen LogP contribution in [0.3, 0.4) is 0 Å². The maximum absolute atomic E-state index is 3.74. The maximum Gasteiger partial charge on any atom is 0.0213 e. The fourth-order valence-electron chi connectivity index (χ4n) is 3.12. The van der Waals surface area contributed by atoms with Gasteiger partial charge in [-0.25, -0.2) is 0 Å². The lowest BCUT2D eigenvalue weighted by Gasteiger charge is -2.50. The van der Waals surface area contributed by atoms with Gasteiger partial charge in [-0.05, 0) is 51.2 Å². The van der Waals surface area contributed by atoms with Crippen LogP contribution in [-0.4, -0.2) is 12.1 Å². The fourth-order valence-corrected chi connectivity index (χ4v) is 3.82. The van der Waals surface area contributed by atoms with Gasteiger partial charge in [0, 0.05) is 22.0 Å². The molecular formula is C17H26BrN. The van der Waals surface area contributed by atoms with Gasteiger partial charge >= 0.3 is 0 Å². The van der Waals surface area contributed by atoms with Crippen molar-refractivity contribution in [3.8, 4) is 0 Å². The fraction of sp³-hybridized carbons (Fsp3) is 0.647. The Morgan fingerprint density at radius 3 is 2.42 bits per heavy atom. The Morgan fingerprint density at radius 1 is 1.26 bits per heavy atom. The van der Waals surface area contributed by atoms with Crippen molar-refractivity contribution in [3.05, 3.63) is 34.3 Å². The lowest BCUT2D eigenvalue weighted by atomic mass is 9.57. The summed E-state index contributed by atoms with van der Waals surface area (Å²) < 4.78 is 1.26. The first-order valence-corrected chi connectivity index (χ1v) is 8.16. The number of benzene rings is 1. The monoisotopic (exact) mass is 323 g/mol. The lowest BCUT2D eigenvalue weighted by molar-refractivity contribution is 0.124. The summed E-state index contributed by atoms with van der Waals surface area (Å²) >= 11 is 3.74. The molecule has 0 unspecified atom stereocenters. The topological polar surface area (TPSA) is 12.0 Å². The van der Waals surface area contributed by atoms with E-state index in [0.717, 1.165) is 12.5 Å². The summed E-state index contributed by atoms with van der Waals surface area (Å²) in [7, 11) is 0. The Balaban J connectivity index is 2.20. The maximum atomic E-state index is 3.74. The van der Waals surface area contributed by atoms with Crippen LogP contribution >= 0.6 is 15.9 Å². The smallest absolute Gasteiger partial charge is 0.0213 e. The summed E-state index contributed by atoms with van der Waals surface area (Å²) in [6.07, 6.45) is 3.94. The Labute approximate surface area is 126 Å². The molecule has 0 spiro atoms. The van der Waals surface area contributed by atoms with E-state index in [-0.39, 0.29) is 5.54 Å². The van der Waals surface area contributed by atoms with Crippen molar-refractivity contribution in [2.45, 2.75) is 57.9 Å². The summed E-state index contributed by atoms with van der Waals surface area (Å²) in [4.78, 5) is 0. The molecule has 0 aromatic heterocycles. The van der Waals surface area contributed by atoms with Gasteiger partial charge in [-0.3, -0.25) is 0 Å². The zero-order chi connectivity index (χ0) is 14.1.